The zero-order valence-corrected chi connectivity index (χ0v) is 14.2. The smallest absolute Gasteiger partial charge is 0.0428 e. The molecule has 1 aromatic carbocycles. The second-order valence-electron chi connectivity index (χ2n) is 5.46. The monoisotopic (exact) mass is 308 g/mol. The van der Waals surface area contributed by atoms with Gasteiger partial charge in [-0.2, -0.15) is 11.3 Å². The molecule has 0 bridgehead atoms. The first-order valence-electron chi connectivity index (χ1n) is 8.20. The molecule has 0 unspecified atom stereocenters. The van der Waals surface area contributed by atoms with E-state index in [4.69, 9.17) is 0 Å². The van der Waals surface area contributed by atoms with Crippen LogP contribution in [0.5, 0.6) is 0 Å². The van der Waals surface area contributed by atoms with Gasteiger partial charge in [0.05, 0.1) is 0 Å². The zero-order valence-electron chi connectivity index (χ0n) is 13.3. The lowest BCUT2D eigenvalue weighted by Crippen LogP contribution is -1.77. The Morgan fingerprint density at radius 1 is 0.955 bits per heavy atom. The highest BCUT2D eigenvalue weighted by molar-refractivity contribution is 7.08. The quantitative estimate of drug-likeness (QED) is 0.403. The van der Waals surface area contributed by atoms with Gasteiger partial charge in [-0.3, -0.25) is 0 Å². The van der Waals surface area contributed by atoms with Crippen LogP contribution < -0.4 is 0 Å². The van der Waals surface area contributed by atoms with Crippen LogP contribution in [0, 0.1) is 11.8 Å². The molecule has 2 rings (SSSR count). The maximum atomic E-state index is 3.29. The molecule has 0 aliphatic carbocycles. The molecule has 0 aliphatic rings. The lowest BCUT2D eigenvalue weighted by Gasteiger charge is -1.96. The van der Waals surface area contributed by atoms with Crippen molar-refractivity contribution in [3.63, 3.8) is 0 Å². The van der Waals surface area contributed by atoms with Crippen LogP contribution in [0.25, 0.3) is 6.08 Å². The fourth-order valence-electron chi connectivity index (χ4n) is 2.27. The minimum absolute atomic E-state index is 1.07. The predicted octanol–water partition coefficient (Wildman–Crippen LogP) is 6.52. The molecule has 0 N–H and O–H groups in total. The van der Waals surface area contributed by atoms with Crippen molar-refractivity contribution in [2.75, 3.05) is 0 Å². The molecule has 0 aliphatic heterocycles. The summed E-state index contributed by atoms with van der Waals surface area (Å²) in [5.74, 6) is 6.52. The van der Waals surface area contributed by atoms with Crippen LogP contribution in [0.1, 0.15) is 62.1 Å². The Kier molecular flexibility index (Phi) is 7.56. The van der Waals surface area contributed by atoms with Gasteiger partial charge in [0, 0.05) is 22.1 Å². The normalized spacial score (nSPS) is 10.6. The Labute approximate surface area is 138 Å². The SMILES string of the molecule is CCCCCCC/C=C/c1cscc1C#Cc1ccccc1. The number of thiophene rings is 1. The Morgan fingerprint density at radius 2 is 1.77 bits per heavy atom. The summed E-state index contributed by atoms with van der Waals surface area (Å²) in [7, 11) is 0. The molecule has 0 fully saturated rings. The summed E-state index contributed by atoms with van der Waals surface area (Å²) in [5.41, 5.74) is 3.46. The van der Waals surface area contributed by atoms with Crippen LogP contribution in [0.15, 0.2) is 47.2 Å². The molecule has 22 heavy (non-hydrogen) atoms. The van der Waals surface area contributed by atoms with Gasteiger partial charge in [-0.05, 0) is 30.4 Å². The molecule has 2 aromatic rings. The van der Waals surface area contributed by atoms with Crippen molar-refractivity contribution in [2.45, 2.75) is 45.4 Å². The number of hydrogen-bond donors (Lipinski definition) is 0. The molecule has 1 heterocycles. The fraction of sp³-hybridized carbons (Fsp3) is 0.333. The largest absolute Gasteiger partial charge is 0.150 e. The van der Waals surface area contributed by atoms with E-state index in [2.05, 4.69) is 41.7 Å². The maximum absolute atomic E-state index is 3.29. The molecule has 0 nitrogen and oxygen atoms in total. The first-order valence-corrected chi connectivity index (χ1v) is 9.14. The van der Waals surface area contributed by atoms with E-state index in [1.54, 1.807) is 11.3 Å². The van der Waals surface area contributed by atoms with Crippen molar-refractivity contribution in [1.29, 1.82) is 0 Å². The van der Waals surface area contributed by atoms with E-state index in [1.165, 1.54) is 44.1 Å². The molecule has 1 aromatic heterocycles. The van der Waals surface area contributed by atoms with Crippen LogP contribution in [0.3, 0.4) is 0 Å². The summed E-state index contributed by atoms with van der Waals surface area (Å²) in [4.78, 5) is 0. The second-order valence-corrected chi connectivity index (χ2v) is 6.21. The van der Waals surface area contributed by atoms with Crippen molar-refractivity contribution >= 4 is 17.4 Å². The molecule has 114 valence electrons. The first-order chi connectivity index (χ1) is 10.9. The number of unbranched alkanes of at least 4 members (excludes halogenated alkanes) is 5. The molecule has 0 spiro atoms. The van der Waals surface area contributed by atoms with Gasteiger partial charge in [-0.15, -0.1) is 0 Å². The summed E-state index contributed by atoms with van der Waals surface area (Å²) in [6.07, 6.45) is 12.4. The third kappa shape index (κ3) is 5.92. The predicted molar refractivity (Wildman–Crippen MR) is 99.2 cm³/mol. The summed E-state index contributed by atoms with van der Waals surface area (Å²) >= 11 is 1.72. The van der Waals surface area contributed by atoms with Gasteiger partial charge in [0.2, 0.25) is 0 Å². The molecular weight excluding hydrogens is 284 g/mol. The summed E-state index contributed by atoms with van der Waals surface area (Å²) < 4.78 is 0. The van der Waals surface area contributed by atoms with Crippen molar-refractivity contribution in [3.8, 4) is 11.8 Å². The molecule has 1 heteroatoms. The highest BCUT2D eigenvalue weighted by Crippen LogP contribution is 2.17. The second kappa shape index (κ2) is 10.0. The zero-order chi connectivity index (χ0) is 15.5. The standard InChI is InChI=1S/C21H24S/c1-2-3-4-5-6-7-11-14-20-17-22-18-21(20)16-15-19-12-9-8-10-13-19/h8-14,17-18H,2-7H2,1H3/b14-11+. The van der Waals surface area contributed by atoms with Crippen molar-refractivity contribution in [1.82, 2.24) is 0 Å². The van der Waals surface area contributed by atoms with Crippen molar-refractivity contribution < 1.29 is 0 Å². The molecule has 0 radical (unpaired) electrons. The van der Waals surface area contributed by atoms with E-state index in [1.807, 2.05) is 30.3 Å². The minimum Gasteiger partial charge on any atom is -0.150 e. The fourth-order valence-corrected chi connectivity index (χ4v) is 3.03. The lowest BCUT2D eigenvalue weighted by atomic mass is 10.1. The Morgan fingerprint density at radius 3 is 2.59 bits per heavy atom. The van der Waals surface area contributed by atoms with Gasteiger partial charge in [0.25, 0.3) is 0 Å². The average Bonchev–Trinajstić information content (AvgIpc) is 3.00. The summed E-state index contributed by atoms with van der Waals surface area (Å²) in [5, 5.41) is 4.32. The van der Waals surface area contributed by atoms with E-state index in [0.29, 0.717) is 0 Å². The molecule has 0 saturated heterocycles. The van der Waals surface area contributed by atoms with Crippen molar-refractivity contribution in [3.05, 3.63) is 63.9 Å². The van der Waals surface area contributed by atoms with Crippen LogP contribution in [-0.2, 0) is 0 Å². The molecule has 0 atom stereocenters. The van der Waals surface area contributed by atoms with Crippen LogP contribution in [0.4, 0.5) is 0 Å². The molecule has 0 amide bonds. The number of rotatable bonds is 7. The van der Waals surface area contributed by atoms with E-state index < -0.39 is 0 Å². The minimum atomic E-state index is 1.07. The highest BCUT2D eigenvalue weighted by Gasteiger charge is 1.97. The van der Waals surface area contributed by atoms with E-state index in [0.717, 1.165) is 11.1 Å². The maximum Gasteiger partial charge on any atom is 0.0428 e. The van der Waals surface area contributed by atoms with Gasteiger partial charge < -0.3 is 0 Å². The van der Waals surface area contributed by atoms with Gasteiger partial charge in [-0.1, -0.05) is 74.8 Å². The summed E-state index contributed by atoms with van der Waals surface area (Å²) in [6.45, 7) is 2.26. The number of hydrogen-bond acceptors (Lipinski definition) is 1. The number of allylic oxidation sites excluding steroid dienone is 1. The third-order valence-electron chi connectivity index (χ3n) is 3.58. The third-order valence-corrected chi connectivity index (χ3v) is 4.34. The van der Waals surface area contributed by atoms with E-state index in [9.17, 15) is 0 Å². The number of benzene rings is 1. The van der Waals surface area contributed by atoms with E-state index in [-0.39, 0.29) is 0 Å². The van der Waals surface area contributed by atoms with Gasteiger partial charge in [0.1, 0.15) is 0 Å². The van der Waals surface area contributed by atoms with Crippen LogP contribution in [-0.4, -0.2) is 0 Å². The Balaban J connectivity index is 1.86. The van der Waals surface area contributed by atoms with Crippen molar-refractivity contribution in [2.24, 2.45) is 0 Å². The van der Waals surface area contributed by atoms with Gasteiger partial charge in [0.15, 0.2) is 0 Å². The molecular formula is C21H24S. The Hall–Kier alpha value is -1.78. The first kappa shape index (κ1) is 16.6. The van der Waals surface area contributed by atoms with Crippen LogP contribution in [0.2, 0.25) is 0 Å². The average molecular weight is 308 g/mol. The molecule has 0 saturated carbocycles. The Bertz CT molecular complexity index is 623. The van der Waals surface area contributed by atoms with E-state index >= 15 is 0 Å². The summed E-state index contributed by atoms with van der Waals surface area (Å²) in [6, 6.07) is 10.2. The van der Waals surface area contributed by atoms with Gasteiger partial charge in [-0.25, -0.2) is 0 Å². The topological polar surface area (TPSA) is 0 Å². The van der Waals surface area contributed by atoms with Crippen LogP contribution >= 0.6 is 11.3 Å². The van der Waals surface area contributed by atoms with Gasteiger partial charge >= 0.3 is 0 Å². The lowest BCUT2D eigenvalue weighted by molar-refractivity contribution is 0.638. The highest BCUT2D eigenvalue weighted by atomic mass is 32.1.